The molecule has 0 amide bonds. The number of fused-ring (bicyclic) bond motifs is 1. The number of aromatic nitrogens is 4. The van der Waals surface area contributed by atoms with Gasteiger partial charge in [0, 0.05) is 9.13 Å². The molecule has 0 atom stereocenters. The van der Waals surface area contributed by atoms with Gasteiger partial charge in [0.1, 0.15) is 5.15 Å². The molecule has 6 heteroatoms. The third-order valence-electron chi connectivity index (χ3n) is 2.38. The molecule has 84 valence electrons. The first-order valence-corrected chi connectivity index (χ1v) is 6.32. The summed E-state index contributed by atoms with van der Waals surface area (Å²) in [6, 6.07) is 8.03. The maximum absolute atomic E-state index is 6.10. The van der Waals surface area contributed by atoms with Gasteiger partial charge in [-0.05, 0) is 34.7 Å². The van der Waals surface area contributed by atoms with E-state index in [0.717, 1.165) is 11.4 Å². The summed E-state index contributed by atoms with van der Waals surface area (Å²) in [4.78, 5) is 3.98. The summed E-state index contributed by atoms with van der Waals surface area (Å²) in [5.41, 5.74) is 1.62. The molecular weight excluding hydrogens is 351 g/mol. The summed E-state index contributed by atoms with van der Waals surface area (Å²) in [6.07, 6.45) is 3.21. The standard InChI is InChI=1S/C11H6ClIN4/c12-9-5-14-6-10-15-16-11(17(9)10)7-1-3-8(13)4-2-7/h1-6H. The molecule has 17 heavy (non-hydrogen) atoms. The van der Waals surface area contributed by atoms with E-state index in [4.69, 9.17) is 11.6 Å². The van der Waals surface area contributed by atoms with Crippen molar-refractivity contribution in [3.8, 4) is 11.4 Å². The highest BCUT2D eigenvalue weighted by Crippen LogP contribution is 2.22. The highest BCUT2D eigenvalue weighted by atomic mass is 127. The summed E-state index contributed by atoms with van der Waals surface area (Å²) in [5, 5.41) is 8.69. The van der Waals surface area contributed by atoms with Crippen molar-refractivity contribution in [2.24, 2.45) is 0 Å². The van der Waals surface area contributed by atoms with Crippen LogP contribution in [0.4, 0.5) is 0 Å². The highest BCUT2D eigenvalue weighted by Gasteiger charge is 2.10. The Morgan fingerprint density at radius 2 is 1.82 bits per heavy atom. The Bertz CT molecular complexity index is 678. The number of halogens is 2. The third-order valence-corrected chi connectivity index (χ3v) is 3.36. The van der Waals surface area contributed by atoms with Crippen molar-refractivity contribution in [3.63, 3.8) is 0 Å². The predicted octanol–water partition coefficient (Wildman–Crippen LogP) is 3.05. The lowest BCUT2D eigenvalue weighted by Crippen LogP contribution is -1.92. The molecule has 0 aliphatic heterocycles. The van der Waals surface area contributed by atoms with Gasteiger partial charge in [-0.2, -0.15) is 0 Å². The zero-order valence-corrected chi connectivity index (χ0v) is 11.4. The molecular formula is C11H6ClIN4. The third kappa shape index (κ3) is 1.89. The Hall–Kier alpha value is -1.21. The SMILES string of the molecule is Clc1cncc2nnc(-c3ccc(I)cc3)n12. The van der Waals surface area contributed by atoms with Crippen molar-refractivity contribution in [2.45, 2.75) is 0 Å². The molecule has 0 bridgehead atoms. The Kier molecular flexibility index (Phi) is 2.71. The minimum atomic E-state index is 0.501. The minimum Gasteiger partial charge on any atom is -0.262 e. The van der Waals surface area contributed by atoms with Crippen LogP contribution in [0, 0.1) is 3.57 Å². The van der Waals surface area contributed by atoms with E-state index in [1.165, 1.54) is 3.57 Å². The zero-order chi connectivity index (χ0) is 11.8. The topological polar surface area (TPSA) is 43.1 Å². The lowest BCUT2D eigenvalue weighted by atomic mass is 10.2. The quantitative estimate of drug-likeness (QED) is 0.630. The molecule has 3 rings (SSSR count). The molecule has 2 aromatic heterocycles. The van der Waals surface area contributed by atoms with Gasteiger partial charge in [0.25, 0.3) is 0 Å². The monoisotopic (exact) mass is 356 g/mol. The van der Waals surface area contributed by atoms with Crippen molar-refractivity contribution in [2.75, 3.05) is 0 Å². The molecule has 0 saturated carbocycles. The first kappa shape index (κ1) is 10.9. The van der Waals surface area contributed by atoms with E-state index < -0.39 is 0 Å². The van der Waals surface area contributed by atoms with Gasteiger partial charge in [-0.25, -0.2) is 0 Å². The van der Waals surface area contributed by atoms with Crippen LogP contribution in [0.1, 0.15) is 0 Å². The second kappa shape index (κ2) is 4.23. The predicted molar refractivity (Wildman–Crippen MR) is 73.9 cm³/mol. The summed E-state index contributed by atoms with van der Waals surface area (Å²) in [7, 11) is 0. The van der Waals surface area contributed by atoms with Gasteiger partial charge in [0.15, 0.2) is 11.5 Å². The van der Waals surface area contributed by atoms with Gasteiger partial charge in [0.05, 0.1) is 12.4 Å². The largest absolute Gasteiger partial charge is 0.262 e. The number of benzene rings is 1. The van der Waals surface area contributed by atoms with Gasteiger partial charge in [0.2, 0.25) is 0 Å². The maximum Gasteiger partial charge on any atom is 0.180 e. The molecule has 2 heterocycles. The molecule has 0 aliphatic rings. The summed E-state index contributed by atoms with van der Waals surface area (Å²) in [6.45, 7) is 0. The first-order valence-electron chi connectivity index (χ1n) is 4.86. The van der Waals surface area contributed by atoms with Crippen molar-refractivity contribution >= 4 is 39.8 Å². The minimum absolute atomic E-state index is 0.501. The van der Waals surface area contributed by atoms with Crippen LogP contribution in [0.25, 0.3) is 17.0 Å². The Balaban J connectivity index is 2.27. The van der Waals surface area contributed by atoms with E-state index in [-0.39, 0.29) is 0 Å². The molecule has 0 radical (unpaired) electrons. The van der Waals surface area contributed by atoms with Gasteiger partial charge in [-0.1, -0.05) is 23.7 Å². The average molecular weight is 357 g/mol. The van der Waals surface area contributed by atoms with Gasteiger partial charge in [-0.3, -0.25) is 9.38 Å². The number of hydrogen-bond donors (Lipinski definition) is 0. The molecule has 3 aromatic rings. The van der Waals surface area contributed by atoms with Crippen LogP contribution in [0.5, 0.6) is 0 Å². The van der Waals surface area contributed by atoms with E-state index >= 15 is 0 Å². The van der Waals surface area contributed by atoms with E-state index in [2.05, 4.69) is 37.8 Å². The van der Waals surface area contributed by atoms with Gasteiger partial charge >= 0.3 is 0 Å². The Labute approximate surface area is 116 Å². The molecule has 0 fully saturated rings. The number of hydrogen-bond acceptors (Lipinski definition) is 3. The molecule has 0 N–H and O–H groups in total. The fraction of sp³-hybridized carbons (Fsp3) is 0. The molecule has 1 aromatic carbocycles. The van der Waals surface area contributed by atoms with Gasteiger partial charge < -0.3 is 0 Å². The normalized spacial score (nSPS) is 10.9. The summed E-state index contributed by atoms with van der Waals surface area (Å²) >= 11 is 8.36. The lowest BCUT2D eigenvalue weighted by molar-refractivity contribution is 1.11. The van der Waals surface area contributed by atoms with Crippen LogP contribution in [0.2, 0.25) is 5.15 Å². The number of rotatable bonds is 1. The van der Waals surface area contributed by atoms with Crippen LogP contribution in [0.3, 0.4) is 0 Å². The fourth-order valence-corrected chi connectivity index (χ4v) is 2.18. The van der Waals surface area contributed by atoms with Crippen LogP contribution in [-0.2, 0) is 0 Å². The molecule has 0 aliphatic carbocycles. The van der Waals surface area contributed by atoms with Gasteiger partial charge in [-0.15, -0.1) is 10.2 Å². The number of nitrogens with zero attached hydrogens (tertiary/aromatic N) is 4. The lowest BCUT2D eigenvalue weighted by Gasteiger charge is -2.01. The Morgan fingerprint density at radius 1 is 1.06 bits per heavy atom. The molecule has 0 saturated heterocycles. The van der Waals surface area contributed by atoms with Crippen LogP contribution < -0.4 is 0 Å². The van der Waals surface area contributed by atoms with E-state index in [9.17, 15) is 0 Å². The van der Waals surface area contributed by atoms with E-state index in [1.807, 2.05) is 24.3 Å². The molecule has 4 nitrogen and oxygen atoms in total. The van der Waals surface area contributed by atoms with Crippen LogP contribution in [-0.4, -0.2) is 19.6 Å². The van der Waals surface area contributed by atoms with Crippen molar-refractivity contribution < 1.29 is 0 Å². The second-order valence-corrected chi connectivity index (χ2v) is 5.09. The zero-order valence-electron chi connectivity index (χ0n) is 8.51. The summed E-state index contributed by atoms with van der Waals surface area (Å²) in [5.74, 6) is 0.726. The first-order chi connectivity index (χ1) is 8.25. The second-order valence-electron chi connectivity index (χ2n) is 3.45. The Morgan fingerprint density at radius 3 is 2.59 bits per heavy atom. The highest BCUT2D eigenvalue weighted by molar-refractivity contribution is 14.1. The van der Waals surface area contributed by atoms with E-state index in [1.54, 1.807) is 16.8 Å². The van der Waals surface area contributed by atoms with Crippen molar-refractivity contribution in [1.82, 2.24) is 19.6 Å². The summed E-state index contributed by atoms with van der Waals surface area (Å²) < 4.78 is 2.95. The smallest absolute Gasteiger partial charge is 0.180 e. The maximum atomic E-state index is 6.10. The van der Waals surface area contributed by atoms with Crippen LogP contribution in [0.15, 0.2) is 36.7 Å². The average Bonchev–Trinajstić information content (AvgIpc) is 2.75. The fourth-order valence-electron chi connectivity index (χ4n) is 1.60. The van der Waals surface area contributed by atoms with Crippen molar-refractivity contribution in [1.29, 1.82) is 0 Å². The molecule has 0 unspecified atom stereocenters. The van der Waals surface area contributed by atoms with Crippen molar-refractivity contribution in [3.05, 3.63) is 45.4 Å². The van der Waals surface area contributed by atoms with Crippen LogP contribution >= 0.6 is 34.2 Å². The molecule has 0 spiro atoms. The van der Waals surface area contributed by atoms with E-state index in [0.29, 0.717) is 10.8 Å².